The highest BCUT2D eigenvalue weighted by atomic mass is 32.1. The summed E-state index contributed by atoms with van der Waals surface area (Å²) in [6, 6.07) is 5.54. The van der Waals surface area contributed by atoms with Crippen LogP contribution in [-0.4, -0.2) is 11.2 Å². The summed E-state index contributed by atoms with van der Waals surface area (Å²) in [5, 5.41) is 6.99. The van der Waals surface area contributed by atoms with Crippen LogP contribution in [0.5, 0.6) is 0 Å². The average molecular weight is 280 g/mol. The Labute approximate surface area is 119 Å². The summed E-state index contributed by atoms with van der Waals surface area (Å²) in [7, 11) is 0. The molecule has 4 heteroatoms. The summed E-state index contributed by atoms with van der Waals surface area (Å²) in [4.78, 5) is 0. The van der Waals surface area contributed by atoms with Gasteiger partial charge in [-0.15, -0.1) is 0 Å². The van der Waals surface area contributed by atoms with Gasteiger partial charge in [-0.05, 0) is 49.7 Å². The van der Waals surface area contributed by atoms with Crippen molar-refractivity contribution in [2.24, 2.45) is 0 Å². The number of aryl methyl sites for hydroxylation is 1. The third kappa shape index (κ3) is 4.46. The molecule has 104 valence electrons. The molecule has 2 N–H and O–H groups in total. The van der Waals surface area contributed by atoms with Crippen molar-refractivity contribution in [2.75, 3.05) is 5.32 Å². The molecule has 1 fully saturated rings. The molecule has 1 aromatic rings. The molecule has 0 bridgehead atoms. The minimum absolute atomic E-state index is 0.206. The van der Waals surface area contributed by atoms with E-state index in [1.807, 2.05) is 6.07 Å². The van der Waals surface area contributed by atoms with Crippen molar-refractivity contribution in [3.05, 3.63) is 29.6 Å². The van der Waals surface area contributed by atoms with Gasteiger partial charge >= 0.3 is 0 Å². The van der Waals surface area contributed by atoms with Crippen LogP contribution < -0.4 is 10.6 Å². The van der Waals surface area contributed by atoms with Crippen molar-refractivity contribution in [2.45, 2.75) is 51.5 Å². The first-order chi connectivity index (χ1) is 9.15. The quantitative estimate of drug-likeness (QED) is 0.629. The second-order valence-corrected chi connectivity index (χ2v) is 5.66. The van der Waals surface area contributed by atoms with Gasteiger partial charge in [0.15, 0.2) is 5.11 Å². The van der Waals surface area contributed by atoms with Gasteiger partial charge in [-0.25, -0.2) is 4.39 Å². The molecule has 19 heavy (non-hydrogen) atoms. The van der Waals surface area contributed by atoms with Crippen LogP contribution in [0.15, 0.2) is 18.2 Å². The Morgan fingerprint density at radius 2 is 1.89 bits per heavy atom. The van der Waals surface area contributed by atoms with Crippen LogP contribution in [0.1, 0.15) is 44.1 Å². The maximum Gasteiger partial charge on any atom is 0.170 e. The first kappa shape index (κ1) is 14.3. The highest BCUT2D eigenvalue weighted by Crippen LogP contribution is 2.18. The second-order valence-electron chi connectivity index (χ2n) is 5.25. The van der Waals surface area contributed by atoms with Gasteiger partial charge in [0.2, 0.25) is 0 Å². The molecule has 0 aromatic heterocycles. The molecule has 0 atom stereocenters. The normalized spacial score (nSPS) is 16.7. The molecule has 0 aliphatic heterocycles. The topological polar surface area (TPSA) is 24.1 Å². The van der Waals surface area contributed by atoms with Gasteiger partial charge in [-0.3, -0.25) is 0 Å². The van der Waals surface area contributed by atoms with Crippen molar-refractivity contribution >= 4 is 23.0 Å². The summed E-state index contributed by atoms with van der Waals surface area (Å²) < 4.78 is 13.4. The molecule has 2 nitrogen and oxygen atoms in total. The molecular formula is C15H21FN2S. The van der Waals surface area contributed by atoms with Crippen LogP contribution in [0, 0.1) is 12.7 Å². The molecule has 1 aromatic carbocycles. The Morgan fingerprint density at radius 3 is 2.53 bits per heavy atom. The lowest BCUT2D eigenvalue weighted by Crippen LogP contribution is -2.37. The second kappa shape index (κ2) is 6.85. The van der Waals surface area contributed by atoms with Gasteiger partial charge in [0, 0.05) is 11.7 Å². The van der Waals surface area contributed by atoms with Crippen LogP contribution in [-0.2, 0) is 0 Å². The summed E-state index contributed by atoms with van der Waals surface area (Å²) in [6.07, 6.45) is 7.51. The van der Waals surface area contributed by atoms with E-state index in [0.717, 1.165) is 0 Å². The van der Waals surface area contributed by atoms with Gasteiger partial charge < -0.3 is 10.6 Å². The van der Waals surface area contributed by atoms with Crippen molar-refractivity contribution in [3.63, 3.8) is 0 Å². The summed E-state index contributed by atoms with van der Waals surface area (Å²) in [5.41, 5.74) is 1.35. The average Bonchev–Trinajstić information content (AvgIpc) is 2.62. The molecule has 0 heterocycles. The van der Waals surface area contributed by atoms with E-state index in [4.69, 9.17) is 12.2 Å². The molecule has 0 unspecified atom stereocenters. The number of hydrogen-bond donors (Lipinski definition) is 2. The van der Waals surface area contributed by atoms with Crippen LogP contribution >= 0.6 is 12.2 Å². The van der Waals surface area contributed by atoms with Gasteiger partial charge in [-0.2, -0.15) is 0 Å². The van der Waals surface area contributed by atoms with E-state index < -0.39 is 0 Å². The van der Waals surface area contributed by atoms with E-state index in [2.05, 4.69) is 10.6 Å². The van der Waals surface area contributed by atoms with Crippen molar-refractivity contribution in [1.82, 2.24) is 5.32 Å². The molecule has 1 saturated carbocycles. The van der Waals surface area contributed by atoms with Crippen LogP contribution in [0.4, 0.5) is 10.1 Å². The summed E-state index contributed by atoms with van der Waals surface area (Å²) >= 11 is 5.29. The Bertz CT molecular complexity index is 440. The zero-order valence-corrected chi connectivity index (χ0v) is 12.2. The number of benzene rings is 1. The van der Waals surface area contributed by atoms with Crippen LogP contribution in [0.3, 0.4) is 0 Å². The molecule has 0 amide bonds. The van der Waals surface area contributed by atoms with Crippen LogP contribution in [0.25, 0.3) is 0 Å². The zero-order chi connectivity index (χ0) is 13.7. The monoisotopic (exact) mass is 280 g/mol. The van der Waals surface area contributed by atoms with E-state index >= 15 is 0 Å². The minimum Gasteiger partial charge on any atom is -0.360 e. The van der Waals surface area contributed by atoms with Crippen molar-refractivity contribution in [1.29, 1.82) is 0 Å². The first-order valence-electron chi connectivity index (χ1n) is 6.99. The van der Waals surface area contributed by atoms with Gasteiger partial charge in [0.1, 0.15) is 5.82 Å². The van der Waals surface area contributed by atoms with E-state index in [-0.39, 0.29) is 5.82 Å². The van der Waals surface area contributed by atoms with Crippen molar-refractivity contribution < 1.29 is 4.39 Å². The molecular weight excluding hydrogens is 259 g/mol. The first-order valence-corrected chi connectivity index (χ1v) is 7.39. The number of nitrogens with one attached hydrogen (secondary N) is 2. The SMILES string of the molecule is Cc1ccc(NC(=S)NC2CCCCCC2)cc1F. The lowest BCUT2D eigenvalue weighted by Gasteiger charge is -2.19. The van der Waals surface area contributed by atoms with E-state index in [1.165, 1.54) is 44.6 Å². The van der Waals surface area contributed by atoms with E-state index in [9.17, 15) is 4.39 Å². The smallest absolute Gasteiger partial charge is 0.170 e. The Balaban J connectivity index is 1.87. The lowest BCUT2D eigenvalue weighted by atomic mass is 10.1. The van der Waals surface area contributed by atoms with E-state index in [0.29, 0.717) is 22.4 Å². The minimum atomic E-state index is -0.206. The third-order valence-electron chi connectivity index (χ3n) is 3.62. The van der Waals surface area contributed by atoms with Gasteiger partial charge in [-0.1, -0.05) is 31.7 Å². The van der Waals surface area contributed by atoms with Crippen molar-refractivity contribution in [3.8, 4) is 0 Å². The number of rotatable bonds is 2. The van der Waals surface area contributed by atoms with E-state index in [1.54, 1.807) is 13.0 Å². The molecule has 0 radical (unpaired) electrons. The fourth-order valence-corrected chi connectivity index (χ4v) is 2.73. The maximum absolute atomic E-state index is 13.4. The Hall–Kier alpha value is -1.16. The molecule has 1 aliphatic carbocycles. The number of halogens is 1. The summed E-state index contributed by atoms with van der Waals surface area (Å²) in [6.45, 7) is 1.75. The van der Waals surface area contributed by atoms with Gasteiger partial charge in [0.05, 0.1) is 0 Å². The highest BCUT2D eigenvalue weighted by molar-refractivity contribution is 7.80. The molecule has 2 rings (SSSR count). The molecule has 0 saturated heterocycles. The highest BCUT2D eigenvalue weighted by Gasteiger charge is 2.13. The molecule has 1 aliphatic rings. The van der Waals surface area contributed by atoms with Crippen LogP contribution in [0.2, 0.25) is 0 Å². The fraction of sp³-hybridized carbons (Fsp3) is 0.533. The predicted octanol–water partition coefficient (Wildman–Crippen LogP) is 4.14. The fourth-order valence-electron chi connectivity index (χ4n) is 2.45. The number of thiocarbonyl (C=S) groups is 1. The molecule has 0 spiro atoms. The summed E-state index contributed by atoms with van der Waals surface area (Å²) in [5.74, 6) is -0.206. The number of anilines is 1. The Morgan fingerprint density at radius 1 is 1.21 bits per heavy atom. The maximum atomic E-state index is 13.4. The lowest BCUT2D eigenvalue weighted by molar-refractivity contribution is 0.535. The standard InChI is InChI=1S/C15H21FN2S/c1-11-8-9-13(10-14(11)16)18-15(19)17-12-6-4-2-3-5-7-12/h8-10,12H,2-7H2,1H3,(H2,17,18,19). The predicted molar refractivity (Wildman–Crippen MR) is 82.0 cm³/mol. The third-order valence-corrected chi connectivity index (χ3v) is 3.84. The van der Waals surface area contributed by atoms with Gasteiger partial charge in [0.25, 0.3) is 0 Å². The zero-order valence-electron chi connectivity index (χ0n) is 11.3. The largest absolute Gasteiger partial charge is 0.360 e. The number of hydrogen-bond acceptors (Lipinski definition) is 1. The Kier molecular flexibility index (Phi) is 5.14.